The molecule has 0 atom stereocenters. The number of nitrogens with one attached hydrogen (secondary N) is 1. The van der Waals surface area contributed by atoms with E-state index in [4.69, 9.17) is 0 Å². The third kappa shape index (κ3) is 4.03. The number of thiophene rings is 2. The summed E-state index contributed by atoms with van der Waals surface area (Å²) in [7, 11) is 0. The van der Waals surface area contributed by atoms with E-state index in [1.54, 1.807) is 11.3 Å². The first-order chi connectivity index (χ1) is 9.20. The monoisotopic (exact) mass is 291 g/mol. The van der Waals surface area contributed by atoms with E-state index in [0.29, 0.717) is 5.92 Å². The van der Waals surface area contributed by atoms with Gasteiger partial charge in [0.1, 0.15) is 0 Å². The van der Waals surface area contributed by atoms with E-state index in [0.717, 1.165) is 13.1 Å². The molecule has 2 aromatic rings. The highest BCUT2D eigenvalue weighted by Crippen LogP contribution is 2.30. The highest BCUT2D eigenvalue weighted by Gasteiger charge is 2.06. The quantitative estimate of drug-likeness (QED) is 0.778. The van der Waals surface area contributed by atoms with Gasteiger partial charge in [-0.25, -0.2) is 0 Å². The molecule has 2 heterocycles. The van der Waals surface area contributed by atoms with Crippen LogP contribution in [0.25, 0.3) is 16.5 Å². The zero-order valence-electron chi connectivity index (χ0n) is 11.8. The van der Waals surface area contributed by atoms with Gasteiger partial charge in [0.2, 0.25) is 0 Å². The Morgan fingerprint density at radius 2 is 2.21 bits per heavy atom. The van der Waals surface area contributed by atoms with Crippen molar-refractivity contribution in [3.63, 3.8) is 0 Å². The standard InChI is InChI=1S/C16H21NS2/c1-4-17-10-13(12(2)3)8-15-9-14(11-19-15)16-6-5-7-18-16/h5-9,11-12,17H,4,10H2,1-3H3. The third-order valence-electron chi connectivity index (χ3n) is 3.07. The van der Waals surface area contributed by atoms with Crippen LogP contribution in [-0.2, 0) is 0 Å². The lowest BCUT2D eigenvalue weighted by Crippen LogP contribution is -2.18. The van der Waals surface area contributed by atoms with Gasteiger partial charge in [-0.3, -0.25) is 0 Å². The van der Waals surface area contributed by atoms with Crippen LogP contribution in [0.1, 0.15) is 25.6 Å². The van der Waals surface area contributed by atoms with E-state index in [1.165, 1.54) is 20.9 Å². The van der Waals surface area contributed by atoms with Gasteiger partial charge in [0.25, 0.3) is 0 Å². The van der Waals surface area contributed by atoms with Crippen LogP contribution in [0, 0.1) is 5.92 Å². The zero-order chi connectivity index (χ0) is 13.7. The predicted octanol–water partition coefficient (Wildman–Crippen LogP) is 5.13. The fourth-order valence-electron chi connectivity index (χ4n) is 1.87. The molecule has 2 rings (SSSR count). The summed E-state index contributed by atoms with van der Waals surface area (Å²) in [6.45, 7) is 8.68. The first-order valence-electron chi connectivity index (χ1n) is 6.74. The lowest BCUT2D eigenvalue weighted by Gasteiger charge is -2.11. The van der Waals surface area contributed by atoms with Gasteiger partial charge in [-0.2, -0.15) is 0 Å². The van der Waals surface area contributed by atoms with E-state index in [2.05, 4.69) is 61.1 Å². The maximum atomic E-state index is 3.42. The molecule has 0 aliphatic heterocycles. The highest BCUT2D eigenvalue weighted by atomic mass is 32.1. The Balaban J connectivity index is 2.16. The van der Waals surface area contributed by atoms with Gasteiger partial charge in [0.05, 0.1) is 0 Å². The lowest BCUT2D eigenvalue weighted by molar-refractivity contribution is 0.683. The van der Waals surface area contributed by atoms with Gasteiger partial charge in [-0.1, -0.05) is 32.4 Å². The van der Waals surface area contributed by atoms with Gasteiger partial charge in [-0.05, 0) is 41.4 Å². The molecule has 0 aromatic carbocycles. The molecule has 0 saturated carbocycles. The Labute approximate surface area is 124 Å². The van der Waals surface area contributed by atoms with Crippen LogP contribution in [0.4, 0.5) is 0 Å². The molecule has 0 bridgehead atoms. The topological polar surface area (TPSA) is 12.0 Å². The van der Waals surface area contributed by atoms with E-state index in [9.17, 15) is 0 Å². The Morgan fingerprint density at radius 3 is 2.84 bits per heavy atom. The molecule has 0 radical (unpaired) electrons. The van der Waals surface area contributed by atoms with E-state index in [1.807, 2.05) is 11.3 Å². The SMILES string of the molecule is CCNCC(=Cc1cc(-c2cccs2)cs1)C(C)C. The Kier molecular flexibility index (Phi) is 5.37. The van der Waals surface area contributed by atoms with E-state index >= 15 is 0 Å². The fourth-order valence-corrected chi connectivity index (χ4v) is 3.54. The maximum absolute atomic E-state index is 3.42. The first kappa shape index (κ1) is 14.5. The molecule has 0 fully saturated rings. The van der Waals surface area contributed by atoms with E-state index in [-0.39, 0.29) is 0 Å². The summed E-state index contributed by atoms with van der Waals surface area (Å²) < 4.78 is 0. The molecular weight excluding hydrogens is 270 g/mol. The van der Waals surface area contributed by atoms with Crippen LogP contribution in [0.3, 0.4) is 0 Å². The van der Waals surface area contributed by atoms with Crippen molar-refractivity contribution in [3.05, 3.63) is 39.4 Å². The summed E-state index contributed by atoms with van der Waals surface area (Å²) in [6, 6.07) is 6.59. The van der Waals surface area contributed by atoms with Crippen LogP contribution in [0.15, 0.2) is 34.5 Å². The number of likely N-dealkylation sites (N-methyl/N-ethyl adjacent to an activating group) is 1. The molecule has 0 saturated heterocycles. The van der Waals surface area contributed by atoms with Crippen molar-refractivity contribution in [2.45, 2.75) is 20.8 Å². The summed E-state index contributed by atoms with van der Waals surface area (Å²) in [6.07, 6.45) is 2.34. The molecule has 0 aliphatic rings. The average molecular weight is 291 g/mol. The third-order valence-corrected chi connectivity index (χ3v) is 4.87. The van der Waals surface area contributed by atoms with Crippen molar-refractivity contribution >= 4 is 28.7 Å². The maximum Gasteiger partial charge on any atom is 0.0351 e. The van der Waals surface area contributed by atoms with Gasteiger partial charge in [-0.15, -0.1) is 22.7 Å². The summed E-state index contributed by atoms with van der Waals surface area (Å²) in [5, 5.41) is 7.81. The summed E-state index contributed by atoms with van der Waals surface area (Å²) in [5.74, 6) is 0.589. The van der Waals surface area contributed by atoms with E-state index < -0.39 is 0 Å². The van der Waals surface area contributed by atoms with Gasteiger partial charge < -0.3 is 5.32 Å². The first-order valence-corrected chi connectivity index (χ1v) is 8.50. The average Bonchev–Trinajstić information content (AvgIpc) is 3.04. The second-order valence-electron chi connectivity index (χ2n) is 4.87. The second-order valence-corrected chi connectivity index (χ2v) is 6.76. The number of rotatable bonds is 6. The minimum absolute atomic E-state index is 0.589. The Hall–Kier alpha value is -0.900. The summed E-state index contributed by atoms with van der Waals surface area (Å²) >= 11 is 3.63. The summed E-state index contributed by atoms with van der Waals surface area (Å²) in [4.78, 5) is 2.71. The predicted molar refractivity (Wildman–Crippen MR) is 89.0 cm³/mol. The molecule has 0 aliphatic carbocycles. The molecule has 1 N–H and O–H groups in total. The van der Waals surface area contributed by atoms with Gasteiger partial charge in [0, 0.05) is 21.9 Å². The van der Waals surface area contributed by atoms with Crippen molar-refractivity contribution in [1.82, 2.24) is 5.32 Å². The molecule has 2 aromatic heterocycles. The lowest BCUT2D eigenvalue weighted by atomic mass is 10.0. The molecule has 0 spiro atoms. The minimum atomic E-state index is 0.589. The van der Waals surface area contributed by atoms with Crippen molar-refractivity contribution in [3.8, 4) is 10.4 Å². The molecule has 19 heavy (non-hydrogen) atoms. The van der Waals surface area contributed by atoms with Crippen LogP contribution < -0.4 is 5.32 Å². The van der Waals surface area contributed by atoms with Crippen molar-refractivity contribution in [2.24, 2.45) is 5.92 Å². The van der Waals surface area contributed by atoms with Crippen LogP contribution in [-0.4, -0.2) is 13.1 Å². The van der Waals surface area contributed by atoms with Crippen LogP contribution >= 0.6 is 22.7 Å². The largest absolute Gasteiger partial charge is 0.313 e. The van der Waals surface area contributed by atoms with Gasteiger partial charge >= 0.3 is 0 Å². The minimum Gasteiger partial charge on any atom is -0.313 e. The van der Waals surface area contributed by atoms with Gasteiger partial charge in [0.15, 0.2) is 0 Å². The molecule has 1 nitrogen and oxygen atoms in total. The van der Waals surface area contributed by atoms with Crippen LogP contribution in [0.2, 0.25) is 0 Å². The molecule has 102 valence electrons. The van der Waals surface area contributed by atoms with Crippen molar-refractivity contribution in [1.29, 1.82) is 0 Å². The van der Waals surface area contributed by atoms with Crippen molar-refractivity contribution in [2.75, 3.05) is 13.1 Å². The highest BCUT2D eigenvalue weighted by molar-refractivity contribution is 7.15. The molecule has 0 unspecified atom stereocenters. The molecule has 3 heteroatoms. The Morgan fingerprint density at radius 1 is 1.37 bits per heavy atom. The normalized spacial score (nSPS) is 12.3. The second kappa shape index (κ2) is 7.04. The Bertz CT molecular complexity index is 521. The molecular formula is C16H21NS2. The van der Waals surface area contributed by atoms with Crippen LogP contribution in [0.5, 0.6) is 0 Å². The van der Waals surface area contributed by atoms with Crippen molar-refractivity contribution < 1.29 is 0 Å². The molecule has 0 amide bonds. The number of hydrogen-bond donors (Lipinski definition) is 1. The number of hydrogen-bond acceptors (Lipinski definition) is 3. The smallest absolute Gasteiger partial charge is 0.0351 e. The zero-order valence-corrected chi connectivity index (χ0v) is 13.4. The summed E-state index contributed by atoms with van der Waals surface area (Å²) in [5.41, 5.74) is 2.82. The fraction of sp³-hybridized carbons (Fsp3) is 0.375.